The summed E-state index contributed by atoms with van der Waals surface area (Å²) >= 11 is -3.14. The van der Waals surface area contributed by atoms with Crippen LogP contribution in [0.5, 0.6) is 0 Å². The molecule has 0 saturated carbocycles. The molecular weight excluding hydrogens is 200 g/mol. The summed E-state index contributed by atoms with van der Waals surface area (Å²) in [6.07, 6.45) is 0. The van der Waals surface area contributed by atoms with Crippen LogP contribution in [0.1, 0.15) is 0 Å². The van der Waals surface area contributed by atoms with Crippen LogP contribution in [0.25, 0.3) is 0 Å². The van der Waals surface area contributed by atoms with Crippen molar-refractivity contribution in [2.75, 3.05) is 14.2 Å². The first-order chi connectivity index (χ1) is 3.12. The Bertz CT molecular complexity index is 51.7. The van der Waals surface area contributed by atoms with Crippen molar-refractivity contribution in [1.29, 1.82) is 0 Å². The number of hydrogen-bond acceptors (Lipinski definition) is 2. The second-order valence-electron chi connectivity index (χ2n) is 0.872. The van der Waals surface area contributed by atoms with Gasteiger partial charge in [-0.1, -0.05) is 0 Å². The Labute approximate surface area is 54.1 Å². The molecule has 0 amide bonds. The van der Waals surface area contributed by atoms with E-state index in [1.54, 1.807) is 0 Å². The van der Waals surface area contributed by atoms with E-state index in [1.807, 2.05) is 0 Å². The Kier molecular flexibility index (Phi) is 3.61. The molecule has 0 N–H and O–H groups in total. The van der Waals surface area contributed by atoms with Gasteiger partial charge in [-0.25, -0.2) is 0 Å². The van der Waals surface area contributed by atoms with Crippen LogP contribution < -0.4 is 0 Å². The van der Waals surface area contributed by atoms with Gasteiger partial charge in [-0.2, -0.15) is 0 Å². The molecule has 0 aliphatic carbocycles. The van der Waals surface area contributed by atoms with E-state index in [0.29, 0.717) is 0 Å². The van der Waals surface area contributed by atoms with Crippen molar-refractivity contribution in [3.05, 3.63) is 0 Å². The first-order valence-electron chi connectivity index (χ1n) is 1.60. The van der Waals surface area contributed by atoms with Gasteiger partial charge in [0.25, 0.3) is 0 Å². The van der Waals surface area contributed by atoms with Crippen LogP contribution in [0.2, 0.25) is 0 Å². The molecule has 0 unspecified atom stereocenters. The molecule has 0 radical (unpaired) electrons. The van der Waals surface area contributed by atoms with Crippen molar-refractivity contribution in [2.24, 2.45) is 0 Å². The summed E-state index contributed by atoms with van der Waals surface area (Å²) in [6.45, 7) is 0. The normalized spacial score (nSPS) is 12.0. The molecule has 0 aliphatic heterocycles. The van der Waals surface area contributed by atoms with Gasteiger partial charge in [0.15, 0.2) is 0 Å². The first kappa shape index (κ1) is 8.04. The van der Waals surface area contributed by atoms with Crippen LogP contribution in [0.15, 0.2) is 0 Å². The van der Waals surface area contributed by atoms with Gasteiger partial charge in [-0.15, -0.1) is 0 Å². The fourth-order valence-corrected chi connectivity index (χ4v) is 0.433. The van der Waals surface area contributed by atoms with Crippen LogP contribution >= 0.6 is 20.0 Å². The molecule has 0 saturated heterocycles. The maximum absolute atomic E-state index is 5.41. The molecular formula is C2H6Cl2GeO2. The van der Waals surface area contributed by atoms with Crippen molar-refractivity contribution in [3.8, 4) is 0 Å². The summed E-state index contributed by atoms with van der Waals surface area (Å²) in [7, 11) is 13.7. The van der Waals surface area contributed by atoms with Gasteiger partial charge in [-0.05, 0) is 0 Å². The summed E-state index contributed by atoms with van der Waals surface area (Å²) in [5, 5.41) is 0. The molecule has 0 heterocycles. The Balaban J connectivity index is 3.36. The molecule has 0 aromatic rings. The van der Waals surface area contributed by atoms with E-state index >= 15 is 0 Å². The third kappa shape index (κ3) is 3.61. The molecule has 5 heteroatoms. The molecule has 0 rings (SSSR count). The van der Waals surface area contributed by atoms with E-state index in [-0.39, 0.29) is 0 Å². The maximum atomic E-state index is 5.41. The molecule has 0 atom stereocenters. The standard InChI is InChI=1S/C2H6Cl2GeO2/c1-6-5(3,4)7-2/h1-2H3. The summed E-state index contributed by atoms with van der Waals surface area (Å²) in [5.74, 6) is 0. The third-order valence-electron chi connectivity index (χ3n) is 0.475. The second-order valence-corrected chi connectivity index (χ2v) is 10.7. The Morgan fingerprint density at radius 3 is 1.43 bits per heavy atom. The molecule has 0 bridgehead atoms. The van der Waals surface area contributed by atoms with E-state index in [4.69, 9.17) is 20.0 Å². The van der Waals surface area contributed by atoms with Gasteiger partial charge in [-0.3, -0.25) is 0 Å². The van der Waals surface area contributed by atoms with Crippen LogP contribution in [0, 0.1) is 0 Å². The molecule has 2 nitrogen and oxygen atoms in total. The Morgan fingerprint density at radius 1 is 1.14 bits per heavy atom. The van der Waals surface area contributed by atoms with E-state index in [9.17, 15) is 0 Å². The summed E-state index contributed by atoms with van der Waals surface area (Å²) in [6, 6.07) is 0. The summed E-state index contributed by atoms with van der Waals surface area (Å²) in [4.78, 5) is 0. The van der Waals surface area contributed by atoms with E-state index in [2.05, 4.69) is 7.53 Å². The van der Waals surface area contributed by atoms with Crippen molar-refractivity contribution < 1.29 is 7.53 Å². The van der Waals surface area contributed by atoms with E-state index in [0.717, 1.165) is 0 Å². The second kappa shape index (κ2) is 3.15. The zero-order valence-corrected chi connectivity index (χ0v) is 7.68. The minimum atomic E-state index is -3.14. The van der Waals surface area contributed by atoms with Gasteiger partial charge in [0.2, 0.25) is 0 Å². The minimum absolute atomic E-state index is 1.43. The Hall–Kier alpha value is 1.04. The first-order valence-corrected chi connectivity index (χ1v) is 8.83. The van der Waals surface area contributed by atoms with Crippen LogP contribution in [-0.2, 0) is 7.53 Å². The topological polar surface area (TPSA) is 18.5 Å². The average molecular weight is 206 g/mol. The third-order valence-corrected chi connectivity index (χ3v) is 5.68. The zero-order chi connectivity index (χ0) is 5.91. The fraction of sp³-hybridized carbons (Fsp3) is 1.00. The summed E-state index contributed by atoms with van der Waals surface area (Å²) in [5.41, 5.74) is 0. The summed E-state index contributed by atoms with van der Waals surface area (Å²) < 4.78 is 9.17. The van der Waals surface area contributed by atoms with Gasteiger partial charge >= 0.3 is 53.8 Å². The van der Waals surface area contributed by atoms with Gasteiger partial charge < -0.3 is 0 Å². The van der Waals surface area contributed by atoms with Crippen molar-refractivity contribution >= 4 is 32.1 Å². The van der Waals surface area contributed by atoms with Crippen LogP contribution in [-0.4, -0.2) is 26.3 Å². The van der Waals surface area contributed by atoms with E-state index in [1.165, 1.54) is 14.2 Å². The van der Waals surface area contributed by atoms with Crippen molar-refractivity contribution in [1.82, 2.24) is 0 Å². The van der Waals surface area contributed by atoms with Crippen molar-refractivity contribution in [2.45, 2.75) is 0 Å². The fourth-order valence-electron chi connectivity index (χ4n) is 0.0833. The average Bonchev–Trinajstić information content (AvgIpc) is 1.68. The number of rotatable bonds is 2. The van der Waals surface area contributed by atoms with Crippen LogP contribution in [0.3, 0.4) is 0 Å². The zero-order valence-electron chi connectivity index (χ0n) is 4.07. The van der Waals surface area contributed by atoms with Crippen LogP contribution in [0.4, 0.5) is 0 Å². The molecule has 0 aromatic heterocycles. The monoisotopic (exact) mass is 206 g/mol. The number of halogens is 2. The van der Waals surface area contributed by atoms with Crippen molar-refractivity contribution in [3.63, 3.8) is 0 Å². The number of hydrogen-bond donors (Lipinski definition) is 0. The quantitative estimate of drug-likeness (QED) is 0.631. The molecule has 0 aromatic carbocycles. The Morgan fingerprint density at radius 2 is 1.43 bits per heavy atom. The molecule has 0 fully saturated rings. The van der Waals surface area contributed by atoms with Gasteiger partial charge in [0.1, 0.15) is 0 Å². The van der Waals surface area contributed by atoms with E-state index < -0.39 is 12.1 Å². The molecule has 7 heavy (non-hydrogen) atoms. The SMILES string of the molecule is C[O][Ge]([Cl])([Cl])[O]C. The molecule has 44 valence electrons. The molecule has 0 aliphatic rings. The van der Waals surface area contributed by atoms with Gasteiger partial charge in [0, 0.05) is 0 Å². The van der Waals surface area contributed by atoms with Gasteiger partial charge in [0.05, 0.1) is 0 Å². The molecule has 0 spiro atoms. The predicted octanol–water partition coefficient (Wildman–Crippen LogP) is 1.19. The predicted molar refractivity (Wildman–Crippen MR) is 31.5 cm³/mol.